The number of nitrogens with one attached hydrogen (secondary N) is 1. The fourth-order valence-electron chi connectivity index (χ4n) is 2.36. The molecule has 0 atom stereocenters. The number of benzene rings is 1. The summed E-state index contributed by atoms with van der Waals surface area (Å²) in [4.78, 5) is 4.23. The highest BCUT2D eigenvalue weighted by molar-refractivity contribution is 7.89. The van der Waals surface area contributed by atoms with E-state index in [1.165, 1.54) is 0 Å². The van der Waals surface area contributed by atoms with Gasteiger partial charge in [-0.15, -0.1) is 0 Å². The van der Waals surface area contributed by atoms with Gasteiger partial charge in [-0.25, -0.2) is 13.1 Å². The minimum absolute atomic E-state index is 0.00988. The zero-order chi connectivity index (χ0) is 18.2. The van der Waals surface area contributed by atoms with Gasteiger partial charge in [0.2, 0.25) is 10.0 Å². The molecule has 0 saturated carbocycles. The minimum atomic E-state index is -3.37. The number of sulfonamides is 1. The highest BCUT2D eigenvalue weighted by Crippen LogP contribution is 2.18. The lowest BCUT2D eigenvalue weighted by molar-refractivity contribution is 0.317. The molecule has 1 N–H and O–H groups in total. The van der Waals surface area contributed by atoms with E-state index < -0.39 is 10.0 Å². The average Bonchev–Trinajstić information content (AvgIpc) is 3.20. The largest absolute Gasteiger partial charge is 0.494 e. The Bertz CT molecular complexity index is 910. The van der Waals surface area contributed by atoms with E-state index in [9.17, 15) is 8.42 Å². The quantitative estimate of drug-likeness (QED) is 0.583. The van der Waals surface area contributed by atoms with Crippen LogP contribution in [-0.2, 0) is 16.6 Å². The summed E-state index contributed by atoms with van der Waals surface area (Å²) < 4.78 is 37.7. The van der Waals surface area contributed by atoms with Crippen LogP contribution in [0.15, 0.2) is 71.5 Å². The van der Waals surface area contributed by atoms with E-state index in [4.69, 9.17) is 9.15 Å². The Morgan fingerprint density at radius 3 is 2.69 bits per heavy atom. The van der Waals surface area contributed by atoms with Crippen molar-refractivity contribution in [2.24, 2.45) is 0 Å². The molecule has 136 valence electrons. The molecule has 0 unspecified atom stereocenters. The van der Waals surface area contributed by atoms with E-state index in [0.29, 0.717) is 24.5 Å². The summed E-state index contributed by atoms with van der Waals surface area (Å²) in [6, 6.07) is 16.5. The maximum Gasteiger partial charge on any atom is 0.212 e. The molecule has 7 heteroatoms. The topological polar surface area (TPSA) is 81.4 Å². The Labute approximate surface area is 152 Å². The number of aromatic nitrogens is 1. The lowest BCUT2D eigenvalue weighted by Crippen LogP contribution is -2.26. The molecule has 0 aliphatic rings. The summed E-state index contributed by atoms with van der Waals surface area (Å²) in [6.45, 7) is 0.556. The van der Waals surface area contributed by atoms with Crippen LogP contribution in [0.3, 0.4) is 0 Å². The summed E-state index contributed by atoms with van der Waals surface area (Å²) in [7, 11) is -3.37. The fourth-order valence-corrected chi connectivity index (χ4v) is 3.39. The van der Waals surface area contributed by atoms with E-state index in [1.807, 2.05) is 36.4 Å². The van der Waals surface area contributed by atoms with Crippen molar-refractivity contribution in [3.8, 4) is 17.2 Å². The van der Waals surface area contributed by atoms with Crippen LogP contribution in [0.1, 0.15) is 12.0 Å². The van der Waals surface area contributed by atoms with Gasteiger partial charge in [0.05, 0.1) is 18.6 Å². The number of hydrogen-bond acceptors (Lipinski definition) is 5. The first kappa shape index (κ1) is 18.2. The van der Waals surface area contributed by atoms with Crippen molar-refractivity contribution in [1.29, 1.82) is 0 Å². The lowest BCUT2D eigenvalue weighted by Gasteiger charge is -2.08. The Hall–Kier alpha value is -2.64. The van der Waals surface area contributed by atoms with Crippen LogP contribution in [0.25, 0.3) is 11.5 Å². The highest BCUT2D eigenvalue weighted by Gasteiger charge is 2.11. The van der Waals surface area contributed by atoms with E-state index in [1.54, 1.807) is 30.7 Å². The molecule has 1 aromatic carbocycles. The monoisotopic (exact) mass is 372 g/mol. The molecule has 0 amide bonds. The molecule has 0 aliphatic carbocycles. The van der Waals surface area contributed by atoms with Gasteiger partial charge in [-0.3, -0.25) is 4.98 Å². The second-order valence-electron chi connectivity index (χ2n) is 5.68. The van der Waals surface area contributed by atoms with Crippen LogP contribution in [-0.4, -0.2) is 25.8 Å². The summed E-state index contributed by atoms with van der Waals surface area (Å²) >= 11 is 0. The second kappa shape index (κ2) is 8.64. The molecule has 6 nitrogen and oxygen atoms in total. The van der Waals surface area contributed by atoms with E-state index >= 15 is 0 Å². The molecule has 0 saturated heterocycles. The molecule has 0 fully saturated rings. The van der Waals surface area contributed by atoms with Crippen molar-refractivity contribution in [3.63, 3.8) is 0 Å². The zero-order valence-corrected chi connectivity index (χ0v) is 15.0. The highest BCUT2D eigenvalue weighted by atomic mass is 32.2. The van der Waals surface area contributed by atoms with Gasteiger partial charge in [-0.2, -0.15) is 0 Å². The van der Waals surface area contributed by atoms with Gasteiger partial charge in [-0.05, 0) is 48.4 Å². The third-order valence-corrected chi connectivity index (χ3v) is 5.07. The second-order valence-corrected chi connectivity index (χ2v) is 7.61. The van der Waals surface area contributed by atoms with Crippen LogP contribution in [0.5, 0.6) is 5.75 Å². The number of ether oxygens (including phenoxy) is 1. The molecule has 0 bridgehead atoms. The molecule has 26 heavy (non-hydrogen) atoms. The van der Waals surface area contributed by atoms with Crippen molar-refractivity contribution in [2.75, 3.05) is 12.4 Å². The molecule has 0 aliphatic heterocycles. The van der Waals surface area contributed by atoms with Gasteiger partial charge in [0.1, 0.15) is 11.4 Å². The number of pyridine rings is 1. The van der Waals surface area contributed by atoms with E-state index in [2.05, 4.69) is 9.71 Å². The van der Waals surface area contributed by atoms with Gasteiger partial charge in [0.25, 0.3) is 0 Å². The zero-order valence-electron chi connectivity index (χ0n) is 14.2. The Morgan fingerprint density at radius 1 is 1.08 bits per heavy atom. The van der Waals surface area contributed by atoms with Crippen molar-refractivity contribution >= 4 is 10.0 Å². The first-order valence-corrected chi connectivity index (χ1v) is 9.92. The fraction of sp³-hybridized carbons (Fsp3) is 0.211. The van der Waals surface area contributed by atoms with Gasteiger partial charge < -0.3 is 9.15 Å². The van der Waals surface area contributed by atoms with Crippen LogP contribution in [0.4, 0.5) is 0 Å². The molecule has 2 aromatic heterocycles. The molecule has 0 radical (unpaired) electrons. The predicted molar refractivity (Wildman–Crippen MR) is 99.1 cm³/mol. The molecule has 3 aromatic rings. The van der Waals surface area contributed by atoms with Gasteiger partial charge in [0.15, 0.2) is 5.76 Å². The first-order valence-electron chi connectivity index (χ1n) is 8.26. The van der Waals surface area contributed by atoms with Gasteiger partial charge in [-0.1, -0.05) is 18.2 Å². The SMILES string of the molecule is O=S(=O)(CCCOc1ccccc1)NCc1ccnc(-c2ccco2)c1. The standard InChI is InChI=1S/C19H20N2O4S/c22-26(23,13-5-12-24-17-6-2-1-3-7-17)21-15-16-9-10-20-18(14-16)19-8-4-11-25-19/h1-4,6-11,14,21H,5,12-13,15H2. The number of nitrogens with zero attached hydrogens (tertiary/aromatic N) is 1. The average molecular weight is 372 g/mol. The van der Waals surface area contributed by atoms with E-state index in [-0.39, 0.29) is 12.3 Å². The van der Waals surface area contributed by atoms with E-state index in [0.717, 1.165) is 11.3 Å². The summed E-state index contributed by atoms with van der Waals surface area (Å²) in [5.41, 5.74) is 1.48. The molecular formula is C19H20N2O4S. The molecule has 2 heterocycles. The van der Waals surface area contributed by atoms with Crippen molar-refractivity contribution in [3.05, 3.63) is 72.6 Å². The minimum Gasteiger partial charge on any atom is -0.494 e. The molecular weight excluding hydrogens is 352 g/mol. The number of para-hydroxylation sites is 1. The number of rotatable bonds is 9. The van der Waals surface area contributed by atoms with Crippen LogP contribution in [0, 0.1) is 0 Å². The Balaban J connectivity index is 1.47. The van der Waals surface area contributed by atoms with Gasteiger partial charge >= 0.3 is 0 Å². The number of hydrogen-bond donors (Lipinski definition) is 1. The summed E-state index contributed by atoms with van der Waals surface area (Å²) in [5.74, 6) is 1.39. The van der Waals surface area contributed by atoms with Crippen LogP contribution < -0.4 is 9.46 Å². The Morgan fingerprint density at radius 2 is 1.92 bits per heavy atom. The Kier molecular flexibility index (Phi) is 6.04. The molecule has 3 rings (SSSR count). The number of furan rings is 1. The predicted octanol–water partition coefficient (Wildman–Crippen LogP) is 3.23. The van der Waals surface area contributed by atoms with Crippen LogP contribution >= 0.6 is 0 Å². The van der Waals surface area contributed by atoms with Gasteiger partial charge in [0, 0.05) is 12.7 Å². The first-order chi connectivity index (χ1) is 12.6. The third-order valence-electron chi connectivity index (χ3n) is 3.66. The summed E-state index contributed by atoms with van der Waals surface area (Å²) in [5, 5.41) is 0. The third kappa shape index (κ3) is 5.44. The smallest absolute Gasteiger partial charge is 0.212 e. The molecule has 0 spiro atoms. The maximum atomic E-state index is 12.1. The lowest BCUT2D eigenvalue weighted by atomic mass is 10.2. The van der Waals surface area contributed by atoms with Crippen molar-refractivity contribution in [1.82, 2.24) is 9.71 Å². The van der Waals surface area contributed by atoms with Crippen molar-refractivity contribution in [2.45, 2.75) is 13.0 Å². The summed E-state index contributed by atoms with van der Waals surface area (Å²) in [6.07, 6.45) is 3.62. The van der Waals surface area contributed by atoms with Crippen molar-refractivity contribution < 1.29 is 17.6 Å². The van der Waals surface area contributed by atoms with Crippen LogP contribution in [0.2, 0.25) is 0 Å². The maximum absolute atomic E-state index is 12.1. The normalized spacial score (nSPS) is 11.4.